The highest BCUT2D eigenvalue weighted by Crippen LogP contribution is 2.28. The molecule has 2 N–H and O–H groups in total. The fraction of sp³-hybridized carbons (Fsp3) is 0.464. The standard InChI is InChI=1S/C28H38FN3/c1-9-21-13-22(10-2)15-24(14-21)31-26-23(11-3)16-25(29)27(32-26)30-18-20(5)12-19(4)17-28(6,7)8/h3,13-16,20H,4,9-10,12,17-18H2,1-2,5-8H3,(H2,30,31,32). The first-order valence-electron chi connectivity index (χ1n) is 11.5. The van der Waals surface area contributed by atoms with Gasteiger partial charge in [-0.15, -0.1) is 6.42 Å². The van der Waals surface area contributed by atoms with Gasteiger partial charge in [0.25, 0.3) is 0 Å². The summed E-state index contributed by atoms with van der Waals surface area (Å²) in [7, 11) is 0. The topological polar surface area (TPSA) is 37.0 Å². The van der Waals surface area contributed by atoms with Gasteiger partial charge in [-0.25, -0.2) is 9.37 Å². The lowest BCUT2D eigenvalue weighted by Crippen LogP contribution is -2.16. The monoisotopic (exact) mass is 435 g/mol. The second-order valence-corrected chi connectivity index (χ2v) is 9.91. The number of nitrogens with zero attached hydrogens (tertiary/aromatic N) is 1. The van der Waals surface area contributed by atoms with E-state index < -0.39 is 5.82 Å². The quantitative estimate of drug-likeness (QED) is 0.300. The summed E-state index contributed by atoms with van der Waals surface area (Å²) in [4.78, 5) is 4.50. The molecule has 1 unspecified atom stereocenters. The summed E-state index contributed by atoms with van der Waals surface area (Å²) in [6.07, 6.45) is 9.38. The van der Waals surface area contributed by atoms with Gasteiger partial charge in [0.2, 0.25) is 0 Å². The summed E-state index contributed by atoms with van der Waals surface area (Å²) in [6, 6.07) is 7.74. The number of benzene rings is 1. The van der Waals surface area contributed by atoms with Crippen LogP contribution in [0.3, 0.4) is 0 Å². The van der Waals surface area contributed by atoms with Crippen LogP contribution in [0.25, 0.3) is 0 Å². The van der Waals surface area contributed by atoms with E-state index in [9.17, 15) is 4.39 Å². The molecule has 32 heavy (non-hydrogen) atoms. The van der Waals surface area contributed by atoms with E-state index in [1.807, 2.05) is 0 Å². The Hall–Kier alpha value is -2.80. The van der Waals surface area contributed by atoms with Crippen LogP contribution < -0.4 is 10.6 Å². The van der Waals surface area contributed by atoms with Gasteiger partial charge >= 0.3 is 0 Å². The van der Waals surface area contributed by atoms with Crippen LogP contribution in [0.5, 0.6) is 0 Å². The molecule has 0 aliphatic rings. The van der Waals surface area contributed by atoms with Crippen LogP contribution >= 0.6 is 0 Å². The fourth-order valence-corrected chi connectivity index (χ4v) is 3.86. The van der Waals surface area contributed by atoms with Gasteiger partial charge in [-0.1, -0.05) is 65.7 Å². The number of allylic oxidation sites excluding steroid dienone is 1. The molecule has 0 radical (unpaired) electrons. The molecule has 2 rings (SSSR count). The molecule has 3 nitrogen and oxygen atoms in total. The van der Waals surface area contributed by atoms with Crippen LogP contribution in [0.2, 0.25) is 0 Å². The lowest BCUT2D eigenvalue weighted by molar-refractivity contribution is 0.397. The predicted molar refractivity (Wildman–Crippen MR) is 136 cm³/mol. The molecular weight excluding hydrogens is 397 g/mol. The first-order chi connectivity index (χ1) is 15.0. The minimum Gasteiger partial charge on any atom is -0.367 e. The smallest absolute Gasteiger partial charge is 0.166 e. The molecule has 1 aromatic carbocycles. The number of nitrogens with one attached hydrogen (secondary N) is 2. The van der Waals surface area contributed by atoms with Crippen molar-refractivity contribution in [3.63, 3.8) is 0 Å². The van der Waals surface area contributed by atoms with Crippen LogP contribution in [0, 0.1) is 29.5 Å². The zero-order chi connectivity index (χ0) is 23.9. The maximum atomic E-state index is 14.7. The van der Waals surface area contributed by atoms with E-state index >= 15 is 0 Å². The molecule has 1 atom stereocenters. The third kappa shape index (κ3) is 7.71. The van der Waals surface area contributed by atoms with E-state index in [1.165, 1.54) is 22.8 Å². The average molecular weight is 436 g/mol. The molecule has 172 valence electrons. The van der Waals surface area contributed by atoms with Crippen LogP contribution in [0.4, 0.5) is 21.7 Å². The summed E-state index contributed by atoms with van der Waals surface area (Å²) in [5.41, 5.74) is 5.22. The van der Waals surface area contributed by atoms with Crippen molar-refractivity contribution in [2.24, 2.45) is 11.3 Å². The summed E-state index contributed by atoms with van der Waals surface area (Å²) >= 11 is 0. The second-order valence-electron chi connectivity index (χ2n) is 9.91. The zero-order valence-electron chi connectivity index (χ0n) is 20.5. The Morgan fingerprint density at radius 2 is 1.75 bits per heavy atom. The lowest BCUT2D eigenvalue weighted by atomic mass is 9.85. The normalized spacial score (nSPS) is 12.2. The predicted octanol–water partition coefficient (Wildman–Crippen LogP) is 7.50. The van der Waals surface area contributed by atoms with Crippen LogP contribution in [-0.2, 0) is 12.8 Å². The molecule has 0 amide bonds. The number of aryl methyl sites for hydroxylation is 2. The van der Waals surface area contributed by atoms with Gasteiger partial charge in [0.1, 0.15) is 5.82 Å². The number of aromatic nitrogens is 1. The van der Waals surface area contributed by atoms with E-state index in [0.29, 0.717) is 23.8 Å². The molecule has 1 heterocycles. The van der Waals surface area contributed by atoms with Gasteiger partial charge in [0.05, 0.1) is 5.56 Å². The number of rotatable bonds is 10. The van der Waals surface area contributed by atoms with Crippen molar-refractivity contribution in [3.8, 4) is 12.3 Å². The highest BCUT2D eigenvalue weighted by molar-refractivity contribution is 5.66. The van der Waals surface area contributed by atoms with E-state index in [2.05, 4.69) is 87.9 Å². The molecular formula is C28H38FN3. The third-order valence-electron chi connectivity index (χ3n) is 5.30. The molecule has 4 heteroatoms. The maximum absolute atomic E-state index is 14.7. The Morgan fingerprint density at radius 1 is 1.12 bits per heavy atom. The SMILES string of the molecule is C#Cc1cc(F)c(NCC(C)CC(=C)CC(C)(C)C)nc1Nc1cc(CC)cc(CC)c1. The first kappa shape index (κ1) is 25.5. The minimum absolute atomic E-state index is 0.210. The summed E-state index contributed by atoms with van der Waals surface area (Å²) in [6.45, 7) is 17.8. The Balaban J connectivity index is 2.17. The van der Waals surface area contributed by atoms with Gasteiger partial charge in [0, 0.05) is 12.2 Å². The number of terminal acetylenes is 1. The molecule has 0 saturated heterocycles. The van der Waals surface area contributed by atoms with E-state index in [4.69, 9.17) is 6.42 Å². The Bertz CT molecular complexity index is 957. The Morgan fingerprint density at radius 3 is 2.28 bits per heavy atom. The number of halogens is 1. The highest BCUT2D eigenvalue weighted by Gasteiger charge is 2.16. The van der Waals surface area contributed by atoms with Crippen LogP contribution in [0.1, 0.15) is 71.1 Å². The fourth-order valence-electron chi connectivity index (χ4n) is 3.86. The van der Waals surface area contributed by atoms with Crippen LogP contribution in [0.15, 0.2) is 36.4 Å². The molecule has 1 aromatic heterocycles. The number of pyridine rings is 1. The largest absolute Gasteiger partial charge is 0.367 e. The van der Waals surface area contributed by atoms with Crippen molar-refractivity contribution in [3.05, 3.63) is 58.9 Å². The van der Waals surface area contributed by atoms with E-state index in [1.54, 1.807) is 0 Å². The van der Waals surface area contributed by atoms with Crippen molar-refractivity contribution in [2.75, 3.05) is 17.2 Å². The van der Waals surface area contributed by atoms with Gasteiger partial charge < -0.3 is 10.6 Å². The molecule has 0 aliphatic heterocycles. The van der Waals surface area contributed by atoms with E-state index in [-0.39, 0.29) is 11.2 Å². The zero-order valence-corrected chi connectivity index (χ0v) is 20.5. The van der Waals surface area contributed by atoms with Crippen molar-refractivity contribution in [1.29, 1.82) is 0 Å². The first-order valence-corrected chi connectivity index (χ1v) is 11.5. The molecule has 2 aromatic rings. The third-order valence-corrected chi connectivity index (χ3v) is 5.30. The lowest BCUT2D eigenvalue weighted by Gasteiger charge is -2.22. The van der Waals surface area contributed by atoms with E-state index in [0.717, 1.165) is 31.4 Å². The number of hydrogen-bond donors (Lipinski definition) is 2. The second kappa shape index (κ2) is 11.2. The molecule has 0 bridgehead atoms. The minimum atomic E-state index is -0.444. The molecule has 0 fully saturated rings. The summed E-state index contributed by atoms with van der Waals surface area (Å²) < 4.78 is 14.7. The summed E-state index contributed by atoms with van der Waals surface area (Å²) in [5.74, 6) is 3.11. The Labute approximate surface area is 193 Å². The molecule has 0 spiro atoms. The van der Waals surface area contributed by atoms with Gasteiger partial charge in [-0.05, 0) is 66.3 Å². The summed E-state index contributed by atoms with van der Waals surface area (Å²) in [5, 5.41) is 6.48. The average Bonchev–Trinajstić information content (AvgIpc) is 2.71. The van der Waals surface area contributed by atoms with Gasteiger partial charge in [0.15, 0.2) is 11.6 Å². The van der Waals surface area contributed by atoms with Gasteiger partial charge in [-0.3, -0.25) is 0 Å². The number of hydrogen-bond acceptors (Lipinski definition) is 3. The number of anilines is 3. The highest BCUT2D eigenvalue weighted by atomic mass is 19.1. The van der Waals surface area contributed by atoms with Crippen LogP contribution in [-0.4, -0.2) is 11.5 Å². The van der Waals surface area contributed by atoms with Gasteiger partial charge in [-0.2, -0.15) is 0 Å². The van der Waals surface area contributed by atoms with Crippen molar-refractivity contribution in [1.82, 2.24) is 4.98 Å². The Kier molecular flexibility index (Phi) is 8.89. The molecule has 0 aliphatic carbocycles. The van der Waals surface area contributed by atoms with Crippen molar-refractivity contribution >= 4 is 17.3 Å². The maximum Gasteiger partial charge on any atom is 0.166 e. The van der Waals surface area contributed by atoms with Crippen molar-refractivity contribution in [2.45, 2.75) is 67.2 Å². The molecule has 0 saturated carbocycles. The van der Waals surface area contributed by atoms with Crippen molar-refractivity contribution < 1.29 is 4.39 Å².